The van der Waals surface area contributed by atoms with E-state index in [4.69, 9.17) is 28.4 Å². The fourth-order valence-corrected chi connectivity index (χ4v) is 5.49. The first kappa shape index (κ1) is 38.9. The molecule has 0 unspecified atom stereocenters. The minimum Gasteiger partial charge on any atom is -0.462 e. The lowest BCUT2D eigenvalue weighted by molar-refractivity contribution is -0.145. The second-order valence-corrected chi connectivity index (χ2v) is 12.5. The minimum absolute atomic E-state index is 0.240. The summed E-state index contributed by atoms with van der Waals surface area (Å²) in [6.45, 7) is 4.44. The number of hydrogen-bond acceptors (Lipinski definition) is 12. The summed E-state index contributed by atoms with van der Waals surface area (Å²) in [4.78, 5) is 74.9. The van der Waals surface area contributed by atoms with E-state index in [1.165, 1.54) is 97.1 Å². The van der Waals surface area contributed by atoms with Crippen LogP contribution < -0.4 is 18.9 Å². The fourth-order valence-electron chi connectivity index (χ4n) is 5.49. The fraction of sp³-hybridized carbons (Fsp3) is 0.286. The Morgan fingerprint density at radius 2 is 0.667 bits per heavy atom. The molecule has 1 aliphatic rings. The molecule has 0 amide bonds. The Labute approximate surface area is 312 Å². The smallest absolute Gasteiger partial charge is 0.343 e. The molecule has 5 rings (SSSR count). The van der Waals surface area contributed by atoms with Crippen molar-refractivity contribution in [3.05, 3.63) is 119 Å². The highest BCUT2D eigenvalue weighted by Crippen LogP contribution is 2.32. The molecular weight excluding hydrogens is 696 g/mol. The zero-order chi connectivity index (χ0) is 38.5. The first-order valence-corrected chi connectivity index (χ1v) is 17.8. The first-order chi connectivity index (χ1) is 26.1. The van der Waals surface area contributed by atoms with Gasteiger partial charge in [0, 0.05) is 0 Å². The van der Waals surface area contributed by atoms with Crippen LogP contribution in [0.25, 0.3) is 0 Å². The van der Waals surface area contributed by atoms with Gasteiger partial charge in [-0.05, 0) is 136 Å². The predicted molar refractivity (Wildman–Crippen MR) is 194 cm³/mol. The van der Waals surface area contributed by atoms with Gasteiger partial charge in [-0.3, -0.25) is 9.59 Å². The van der Waals surface area contributed by atoms with Gasteiger partial charge in [0.15, 0.2) is 0 Å². The standard InChI is InChI=1S/C42H40O12/c1-3-25-49-37(43)27-9-17-33(18-10-27)53-41(47)31-13-21-35(22-14-31)51-39(45)29-5-7-30(8-6-29)40(46)52-36-23-15-32(16-24-36)42(48)54-34-19-11-28(12-20-34)38(44)50-26-4-2/h9-24,29-30H,3-8,25-26H2,1-2H3. The third-order valence-electron chi connectivity index (χ3n) is 8.49. The Hall–Kier alpha value is -6.30. The molecule has 0 heterocycles. The van der Waals surface area contributed by atoms with E-state index in [1.54, 1.807) is 0 Å². The molecule has 1 aliphatic carbocycles. The second kappa shape index (κ2) is 19.0. The molecule has 0 saturated heterocycles. The minimum atomic E-state index is -0.621. The Balaban J connectivity index is 1.03. The number of carbonyl (C=O) groups is 6. The lowest BCUT2D eigenvalue weighted by Crippen LogP contribution is -2.30. The maximum Gasteiger partial charge on any atom is 0.343 e. The van der Waals surface area contributed by atoms with Gasteiger partial charge in [-0.1, -0.05) is 13.8 Å². The third-order valence-corrected chi connectivity index (χ3v) is 8.49. The number of esters is 6. The van der Waals surface area contributed by atoms with E-state index in [1.807, 2.05) is 13.8 Å². The molecule has 4 aromatic carbocycles. The van der Waals surface area contributed by atoms with Crippen LogP contribution in [0.1, 0.15) is 93.8 Å². The summed E-state index contributed by atoms with van der Waals surface area (Å²) in [6, 6.07) is 24.0. The summed E-state index contributed by atoms with van der Waals surface area (Å²) in [5.41, 5.74) is 1.18. The molecule has 0 spiro atoms. The Morgan fingerprint density at radius 1 is 0.407 bits per heavy atom. The van der Waals surface area contributed by atoms with Gasteiger partial charge in [-0.2, -0.15) is 0 Å². The summed E-state index contributed by atoms with van der Waals surface area (Å²) < 4.78 is 32.1. The van der Waals surface area contributed by atoms with Crippen molar-refractivity contribution in [2.75, 3.05) is 13.2 Å². The summed E-state index contributed by atoms with van der Waals surface area (Å²) in [5.74, 6) is -2.77. The zero-order valence-electron chi connectivity index (χ0n) is 29.9. The molecule has 12 nitrogen and oxygen atoms in total. The van der Waals surface area contributed by atoms with Crippen molar-refractivity contribution in [3.63, 3.8) is 0 Å². The third kappa shape index (κ3) is 10.9. The predicted octanol–water partition coefficient (Wildman–Crippen LogP) is 7.58. The van der Waals surface area contributed by atoms with Gasteiger partial charge in [-0.25, -0.2) is 19.2 Å². The molecule has 54 heavy (non-hydrogen) atoms. The second-order valence-electron chi connectivity index (χ2n) is 12.5. The van der Waals surface area contributed by atoms with Crippen molar-refractivity contribution < 1.29 is 57.2 Å². The lowest BCUT2D eigenvalue weighted by atomic mass is 9.82. The van der Waals surface area contributed by atoms with Crippen LogP contribution in [0, 0.1) is 11.8 Å². The number of ether oxygens (including phenoxy) is 6. The summed E-state index contributed by atoms with van der Waals surface area (Å²) in [7, 11) is 0. The Bertz CT molecular complexity index is 1780. The largest absolute Gasteiger partial charge is 0.462 e. The maximum atomic E-state index is 12.9. The van der Waals surface area contributed by atoms with E-state index >= 15 is 0 Å². The Kier molecular flexibility index (Phi) is 13.7. The molecule has 280 valence electrons. The van der Waals surface area contributed by atoms with Crippen LogP contribution in [0.4, 0.5) is 0 Å². The molecular formula is C42H40O12. The maximum absolute atomic E-state index is 12.9. The van der Waals surface area contributed by atoms with E-state index in [0.717, 1.165) is 0 Å². The summed E-state index contributed by atoms with van der Waals surface area (Å²) in [6.07, 6.45) is 3.16. The summed E-state index contributed by atoms with van der Waals surface area (Å²) >= 11 is 0. The van der Waals surface area contributed by atoms with E-state index in [9.17, 15) is 28.8 Å². The number of hydrogen-bond donors (Lipinski definition) is 0. The highest BCUT2D eigenvalue weighted by atomic mass is 16.6. The first-order valence-electron chi connectivity index (χ1n) is 17.8. The molecule has 1 saturated carbocycles. The Morgan fingerprint density at radius 3 is 0.944 bits per heavy atom. The molecule has 0 atom stereocenters. The molecule has 4 aromatic rings. The molecule has 0 bridgehead atoms. The van der Waals surface area contributed by atoms with Crippen LogP contribution in [0.3, 0.4) is 0 Å². The van der Waals surface area contributed by atoms with Gasteiger partial charge in [-0.15, -0.1) is 0 Å². The van der Waals surface area contributed by atoms with Gasteiger partial charge in [0.1, 0.15) is 23.0 Å². The highest BCUT2D eigenvalue weighted by molar-refractivity contribution is 5.93. The number of carbonyl (C=O) groups excluding carboxylic acids is 6. The topological polar surface area (TPSA) is 158 Å². The van der Waals surface area contributed by atoms with Crippen LogP contribution in [-0.4, -0.2) is 49.0 Å². The van der Waals surface area contributed by atoms with E-state index < -0.39 is 47.7 Å². The van der Waals surface area contributed by atoms with Gasteiger partial charge >= 0.3 is 35.8 Å². The van der Waals surface area contributed by atoms with Gasteiger partial charge in [0.05, 0.1) is 47.3 Å². The van der Waals surface area contributed by atoms with Crippen molar-refractivity contribution in [2.45, 2.75) is 52.4 Å². The van der Waals surface area contributed by atoms with E-state index in [0.29, 0.717) is 62.9 Å². The average Bonchev–Trinajstić information content (AvgIpc) is 3.20. The van der Waals surface area contributed by atoms with Crippen LogP contribution in [-0.2, 0) is 19.1 Å². The highest BCUT2D eigenvalue weighted by Gasteiger charge is 2.32. The van der Waals surface area contributed by atoms with Crippen LogP contribution in [0.15, 0.2) is 97.1 Å². The van der Waals surface area contributed by atoms with Gasteiger partial charge < -0.3 is 28.4 Å². The molecule has 0 radical (unpaired) electrons. The van der Waals surface area contributed by atoms with Crippen molar-refractivity contribution in [2.24, 2.45) is 11.8 Å². The lowest BCUT2D eigenvalue weighted by Gasteiger charge is -2.25. The van der Waals surface area contributed by atoms with Crippen molar-refractivity contribution >= 4 is 35.8 Å². The van der Waals surface area contributed by atoms with E-state index in [2.05, 4.69) is 0 Å². The number of rotatable bonds is 14. The number of benzene rings is 4. The van der Waals surface area contributed by atoms with Crippen LogP contribution >= 0.6 is 0 Å². The molecule has 0 N–H and O–H groups in total. The monoisotopic (exact) mass is 736 g/mol. The van der Waals surface area contributed by atoms with Crippen LogP contribution in [0.2, 0.25) is 0 Å². The van der Waals surface area contributed by atoms with Crippen molar-refractivity contribution in [3.8, 4) is 23.0 Å². The van der Waals surface area contributed by atoms with Crippen molar-refractivity contribution in [1.29, 1.82) is 0 Å². The molecule has 1 fully saturated rings. The normalized spacial score (nSPS) is 14.9. The molecule has 0 aliphatic heterocycles. The molecule has 12 heteroatoms. The van der Waals surface area contributed by atoms with E-state index in [-0.39, 0.29) is 34.1 Å². The summed E-state index contributed by atoms with van der Waals surface area (Å²) in [5, 5.41) is 0. The van der Waals surface area contributed by atoms with Gasteiger partial charge in [0.25, 0.3) is 0 Å². The quantitative estimate of drug-likeness (QED) is 0.0925. The average molecular weight is 737 g/mol. The molecule has 0 aromatic heterocycles. The van der Waals surface area contributed by atoms with Crippen molar-refractivity contribution in [1.82, 2.24) is 0 Å². The van der Waals surface area contributed by atoms with Crippen LogP contribution in [0.5, 0.6) is 23.0 Å². The SMILES string of the molecule is CCCOC(=O)c1ccc(OC(=O)c2ccc(OC(=O)C3CCC(C(=O)Oc4ccc(C(=O)Oc5ccc(C(=O)OCCC)cc5)cc4)CC3)cc2)cc1. The zero-order valence-corrected chi connectivity index (χ0v) is 29.9. The van der Waals surface area contributed by atoms with Gasteiger partial charge in [0.2, 0.25) is 0 Å².